The first kappa shape index (κ1) is 17.2. The number of anilines is 1. The van der Waals surface area contributed by atoms with Gasteiger partial charge in [0.25, 0.3) is 0 Å². The Kier molecular flexibility index (Phi) is 4.55. The Morgan fingerprint density at radius 1 is 0.852 bits per heavy atom. The number of allylic oxidation sites excluding steroid dienone is 4. The molecule has 1 aliphatic carbocycles. The molecule has 0 fully saturated rings. The minimum atomic E-state index is 0.292. The fourth-order valence-electron chi connectivity index (χ4n) is 3.64. The van der Waals surface area contributed by atoms with E-state index in [2.05, 4.69) is 49.4 Å². The summed E-state index contributed by atoms with van der Waals surface area (Å²) in [5.41, 5.74) is 13.6. The van der Waals surface area contributed by atoms with Crippen LogP contribution in [-0.4, -0.2) is 5.11 Å². The lowest BCUT2D eigenvalue weighted by Crippen LogP contribution is -2.00. The normalized spacial score (nSPS) is 16.2. The van der Waals surface area contributed by atoms with E-state index in [4.69, 9.17) is 5.73 Å². The number of nitrogen functional groups attached to an aromatic ring is 1. The van der Waals surface area contributed by atoms with Gasteiger partial charge >= 0.3 is 0 Å². The van der Waals surface area contributed by atoms with Gasteiger partial charge in [-0.3, -0.25) is 0 Å². The smallest absolute Gasteiger partial charge is 0.123 e. The van der Waals surface area contributed by atoms with Crippen LogP contribution < -0.4 is 5.73 Å². The molecule has 4 rings (SSSR count). The van der Waals surface area contributed by atoms with Crippen LogP contribution >= 0.6 is 0 Å². The lowest BCUT2D eigenvalue weighted by atomic mass is 9.88. The molecule has 1 unspecified atom stereocenters. The van der Waals surface area contributed by atoms with E-state index in [-0.39, 0.29) is 0 Å². The van der Waals surface area contributed by atoms with Crippen molar-refractivity contribution in [3.63, 3.8) is 0 Å². The van der Waals surface area contributed by atoms with Gasteiger partial charge in [-0.2, -0.15) is 0 Å². The maximum Gasteiger partial charge on any atom is 0.123 e. The average Bonchev–Trinajstić information content (AvgIpc) is 2.69. The zero-order valence-corrected chi connectivity index (χ0v) is 15.4. The predicted octanol–water partition coefficient (Wildman–Crippen LogP) is 6.29. The summed E-state index contributed by atoms with van der Waals surface area (Å²) in [5, 5.41) is 10.2. The van der Waals surface area contributed by atoms with Crippen molar-refractivity contribution in [2.45, 2.75) is 13.3 Å². The number of para-hydroxylation sites is 1. The number of phenolic OH excluding ortho intramolecular Hbond substituents is 1. The zero-order valence-electron chi connectivity index (χ0n) is 15.4. The molecule has 0 spiro atoms. The quantitative estimate of drug-likeness (QED) is 0.544. The fraction of sp³-hybridized carbons (Fsp3) is 0.120. The van der Waals surface area contributed by atoms with Gasteiger partial charge in [0.05, 0.1) is 0 Å². The minimum absolute atomic E-state index is 0.292. The second-order valence-electron chi connectivity index (χ2n) is 7.16. The van der Waals surface area contributed by atoms with Crippen LogP contribution in [0.4, 0.5) is 5.69 Å². The molecule has 2 nitrogen and oxygen atoms in total. The Morgan fingerprint density at radius 3 is 2.44 bits per heavy atom. The second kappa shape index (κ2) is 7.16. The molecule has 0 aliphatic heterocycles. The fourth-order valence-corrected chi connectivity index (χ4v) is 3.64. The van der Waals surface area contributed by atoms with Crippen molar-refractivity contribution in [2.75, 3.05) is 5.73 Å². The van der Waals surface area contributed by atoms with Crippen LogP contribution in [0.3, 0.4) is 0 Å². The van der Waals surface area contributed by atoms with Crippen LogP contribution in [0.5, 0.6) is 5.75 Å². The standard InChI is InChI=1S/C25H23NO/c1-17-6-4-8-20(14-17)23-16-19(12-13-24(23)26)18-7-5-9-21(15-18)22-10-2-3-11-25(22)27/h2-13,15-17,27H,14,26H2,1H3. The van der Waals surface area contributed by atoms with Crippen LogP contribution in [0.15, 0.2) is 85.0 Å². The van der Waals surface area contributed by atoms with Crippen molar-refractivity contribution >= 4 is 11.3 Å². The van der Waals surface area contributed by atoms with Crippen molar-refractivity contribution in [3.8, 4) is 28.0 Å². The largest absolute Gasteiger partial charge is 0.507 e. The summed E-state index contributed by atoms with van der Waals surface area (Å²) in [4.78, 5) is 0. The Hall–Kier alpha value is -3.26. The monoisotopic (exact) mass is 353 g/mol. The summed E-state index contributed by atoms with van der Waals surface area (Å²) in [7, 11) is 0. The first-order chi connectivity index (χ1) is 13.1. The molecule has 0 heterocycles. The maximum atomic E-state index is 10.2. The van der Waals surface area contributed by atoms with E-state index in [0.29, 0.717) is 11.7 Å². The molecule has 3 aromatic rings. The summed E-state index contributed by atoms with van der Waals surface area (Å²) in [6.07, 6.45) is 7.50. The molecule has 134 valence electrons. The van der Waals surface area contributed by atoms with Gasteiger partial charge in [0, 0.05) is 16.8 Å². The number of phenols is 1. The summed E-state index contributed by atoms with van der Waals surface area (Å²) < 4.78 is 0. The molecule has 0 bridgehead atoms. The predicted molar refractivity (Wildman–Crippen MR) is 114 cm³/mol. The SMILES string of the molecule is CC1C=CC=C(c2cc(-c3cccc(-c4ccccc4O)c3)ccc2N)C1. The molecule has 1 aliphatic rings. The Morgan fingerprint density at radius 2 is 1.63 bits per heavy atom. The molecule has 1 atom stereocenters. The van der Waals surface area contributed by atoms with Crippen molar-refractivity contribution in [3.05, 3.63) is 90.5 Å². The number of benzene rings is 3. The number of nitrogens with two attached hydrogens (primary N) is 1. The molecule has 0 radical (unpaired) electrons. The molecule has 3 N–H and O–H groups in total. The topological polar surface area (TPSA) is 46.2 Å². The van der Waals surface area contributed by atoms with Gasteiger partial charge in [0.15, 0.2) is 0 Å². The van der Waals surface area contributed by atoms with E-state index >= 15 is 0 Å². The number of hydrogen-bond acceptors (Lipinski definition) is 2. The van der Waals surface area contributed by atoms with E-state index in [1.54, 1.807) is 6.07 Å². The summed E-state index contributed by atoms with van der Waals surface area (Å²) in [6, 6.07) is 21.9. The maximum absolute atomic E-state index is 10.2. The summed E-state index contributed by atoms with van der Waals surface area (Å²) in [5.74, 6) is 0.818. The third-order valence-corrected chi connectivity index (χ3v) is 5.09. The highest BCUT2D eigenvalue weighted by atomic mass is 16.3. The molecule has 0 saturated carbocycles. The lowest BCUT2D eigenvalue weighted by molar-refractivity contribution is 0.477. The van der Waals surface area contributed by atoms with E-state index < -0.39 is 0 Å². The van der Waals surface area contributed by atoms with Crippen molar-refractivity contribution in [1.29, 1.82) is 0 Å². The highest BCUT2D eigenvalue weighted by Crippen LogP contribution is 2.35. The third kappa shape index (κ3) is 3.52. The van der Waals surface area contributed by atoms with Crippen molar-refractivity contribution < 1.29 is 5.11 Å². The number of aromatic hydroxyl groups is 1. The number of rotatable bonds is 3. The van der Waals surface area contributed by atoms with Gasteiger partial charge in [-0.1, -0.05) is 67.6 Å². The third-order valence-electron chi connectivity index (χ3n) is 5.09. The van der Waals surface area contributed by atoms with Gasteiger partial charge in [-0.25, -0.2) is 0 Å². The summed E-state index contributed by atoms with van der Waals surface area (Å²) in [6.45, 7) is 2.22. The van der Waals surface area contributed by atoms with Crippen LogP contribution in [0.1, 0.15) is 18.9 Å². The van der Waals surface area contributed by atoms with Gasteiger partial charge in [0.2, 0.25) is 0 Å². The average molecular weight is 353 g/mol. The van der Waals surface area contributed by atoms with Crippen LogP contribution in [0.2, 0.25) is 0 Å². The van der Waals surface area contributed by atoms with Gasteiger partial charge in [0.1, 0.15) is 5.75 Å². The Bertz CT molecular complexity index is 1050. The van der Waals surface area contributed by atoms with E-state index in [1.165, 1.54) is 5.57 Å². The van der Waals surface area contributed by atoms with Gasteiger partial charge < -0.3 is 10.8 Å². The van der Waals surface area contributed by atoms with E-state index in [9.17, 15) is 5.11 Å². The summed E-state index contributed by atoms with van der Waals surface area (Å²) >= 11 is 0. The number of hydrogen-bond donors (Lipinski definition) is 2. The van der Waals surface area contributed by atoms with Crippen molar-refractivity contribution in [1.82, 2.24) is 0 Å². The highest BCUT2D eigenvalue weighted by Gasteiger charge is 2.13. The molecule has 27 heavy (non-hydrogen) atoms. The highest BCUT2D eigenvalue weighted by molar-refractivity contribution is 5.83. The van der Waals surface area contributed by atoms with Gasteiger partial charge in [-0.05, 0) is 58.9 Å². The minimum Gasteiger partial charge on any atom is -0.507 e. The Balaban J connectivity index is 1.76. The van der Waals surface area contributed by atoms with Crippen LogP contribution in [0, 0.1) is 5.92 Å². The lowest BCUT2D eigenvalue weighted by Gasteiger charge is -2.17. The van der Waals surface area contributed by atoms with Crippen LogP contribution in [-0.2, 0) is 0 Å². The molecule has 0 aromatic heterocycles. The first-order valence-electron chi connectivity index (χ1n) is 9.28. The molecular formula is C25H23NO. The van der Waals surface area contributed by atoms with E-state index in [0.717, 1.165) is 39.9 Å². The zero-order chi connectivity index (χ0) is 18.8. The van der Waals surface area contributed by atoms with E-state index in [1.807, 2.05) is 36.4 Å². The van der Waals surface area contributed by atoms with Crippen molar-refractivity contribution in [2.24, 2.45) is 5.92 Å². The Labute approximate surface area is 160 Å². The molecular weight excluding hydrogens is 330 g/mol. The first-order valence-corrected chi connectivity index (χ1v) is 9.28. The molecule has 0 saturated heterocycles. The second-order valence-corrected chi connectivity index (χ2v) is 7.16. The molecule has 0 amide bonds. The van der Waals surface area contributed by atoms with Gasteiger partial charge in [-0.15, -0.1) is 0 Å². The molecule has 2 heteroatoms. The molecule has 3 aromatic carbocycles. The van der Waals surface area contributed by atoms with Crippen LogP contribution in [0.25, 0.3) is 27.8 Å².